The van der Waals surface area contributed by atoms with Crippen LogP contribution in [0.25, 0.3) is 10.2 Å². The predicted octanol–water partition coefficient (Wildman–Crippen LogP) is 4.98. The van der Waals surface area contributed by atoms with E-state index in [0.29, 0.717) is 6.54 Å². The van der Waals surface area contributed by atoms with Gasteiger partial charge in [-0.15, -0.1) is 11.3 Å². The van der Waals surface area contributed by atoms with Crippen LogP contribution in [0.3, 0.4) is 0 Å². The minimum atomic E-state index is 0.0899. The van der Waals surface area contributed by atoms with E-state index in [2.05, 4.69) is 12.0 Å². The number of nitrogens with zero attached hydrogens (tertiary/aromatic N) is 3. The molecule has 0 saturated carbocycles. The van der Waals surface area contributed by atoms with Crippen molar-refractivity contribution in [3.05, 3.63) is 51.5 Å². The molecule has 4 nitrogen and oxygen atoms in total. The lowest BCUT2D eigenvalue weighted by atomic mass is 10.2. The molecule has 0 unspecified atom stereocenters. The fourth-order valence-corrected chi connectivity index (χ4v) is 4.05. The average molecular weight is 376 g/mol. The average Bonchev–Trinajstić information content (AvgIpc) is 3.16. The Morgan fingerprint density at radius 3 is 2.72 bits per heavy atom. The fourth-order valence-electron chi connectivity index (χ4n) is 2.77. The number of amides is 1. The van der Waals surface area contributed by atoms with Crippen LogP contribution < -0.4 is 0 Å². The van der Waals surface area contributed by atoms with E-state index < -0.39 is 0 Å². The van der Waals surface area contributed by atoms with Crippen molar-refractivity contribution in [2.75, 3.05) is 13.6 Å². The van der Waals surface area contributed by atoms with Gasteiger partial charge in [0.25, 0.3) is 5.91 Å². The van der Waals surface area contributed by atoms with Gasteiger partial charge in [-0.2, -0.15) is 5.10 Å². The van der Waals surface area contributed by atoms with E-state index in [1.807, 2.05) is 49.0 Å². The van der Waals surface area contributed by atoms with Gasteiger partial charge in [-0.25, -0.2) is 0 Å². The number of halogens is 1. The lowest BCUT2D eigenvalue weighted by Gasteiger charge is -2.15. The first-order valence-corrected chi connectivity index (χ1v) is 9.66. The van der Waals surface area contributed by atoms with E-state index >= 15 is 0 Å². The summed E-state index contributed by atoms with van der Waals surface area (Å²) in [5.41, 5.74) is 2.09. The Labute approximate surface area is 157 Å². The third-order valence-electron chi connectivity index (χ3n) is 4.26. The van der Waals surface area contributed by atoms with Crippen LogP contribution in [0.15, 0.2) is 30.3 Å². The van der Waals surface area contributed by atoms with Crippen molar-refractivity contribution in [2.24, 2.45) is 0 Å². The van der Waals surface area contributed by atoms with Crippen LogP contribution in [0.1, 0.15) is 40.7 Å². The minimum absolute atomic E-state index is 0.0899. The minimum Gasteiger partial charge on any atom is -0.341 e. The Hall–Kier alpha value is -1.85. The monoisotopic (exact) mass is 375 g/mol. The fraction of sp³-hybridized carbons (Fsp3) is 0.368. The zero-order valence-corrected chi connectivity index (χ0v) is 16.3. The highest BCUT2D eigenvalue weighted by Crippen LogP contribution is 2.29. The smallest absolute Gasteiger partial charge is 0.263 e. The molecule has 0 bridgehead atoms. The van der Waals surface area contributed by atoms with Gasteiger partial charge in [0.05, 0.1) is 17.1 Å². The molecule has 1 aromatic carbocycles. The summed E-state index contributed by atoms with van der Waals surface area (Å²) in [5, 5.41) is 6.42. The molecule has 6 heteroatoms. The van der Waals surface area contributed by atoms with Crippen molar-refractivity contribution in [3.8, 4) is 0 Å². The molecule has 25 heavy (non-hydrogen) atoms. The first kappa shape index (κ1) is 18.0. The van der Waals surface area contributed by atoms with Crippen LogP contribution >= 0.6 is 22.9 Å². The lowest BCUT2D eigenvalue weighted by molar-refractivity contribution is 0.0798. The van der Waals surface area contributed by atoms with E-state index in [4.69, 9.17) is 11.6 Å². The Bertz CT molecular complexity index is 882. The number of hydrogen-bond acceptors (Lipinski definition) is 3. The highest BCUT2D eigenvalue weighted by molar-refractivity contribution is 7.20. The van der Waals surface area contributed by atoms with Crippen molar-refractivity contribution >= 4 is 39.1 Å². The number of fused-ring (bicyclic) bond motifs is 1. The van der Waals surface area contributed by atoms with Gasteiger partial charge in [0.1, 0.15) is 4.83 Å². The molecule has 0 N–H and O–H groups in total. The Morgan fingerprint density at radius 1 is 1.32 bits per heavy atom. The van der Waals surface area contributed by atoms with Gasteiger partial charge in [-0.05, 0) is 37.1 Å². The molecule has 0 aliphatic rings. The highest BCUT2D eigenvalue weighted by Gasteiger charge is 2.18. The molecule has 0 aliphatic carbocycles. The van der Waals surface area contributed by atoms with Crippen molar-refractivity contribution in [3.63, 3.8) is 0 Å². The molecule has 0 fully saturated rings. The maximum atomic E-state index is 12.6. The van der Waals surface area contributed by atoms with E-state index in [1.165, 1.54) is 11.3 Å². The number of benzene rings is 1. The van der Waals surface area contributed by atoms with Gasteiger partial charge in [0.2, 0.25) is 0 Å². The number of hydrogen-bond donors (Lipinski definition) is 0. The van der Waals surface area contributed by atoms with Crippen LogP contribution in [0, 0.1) is 6.92 Å². The second-order valence-electron chi connectivity index (χ2n) is 6.28. The maximum absolute atomic E-state index is 12.6. The molecule has 0 aliphatic heterocycles. The molecular weight excluding hydrogens is 354 g/mol. The Morgan fingerprint density at radius 2 is 2.04 bits per heavy atom. The second kappa shape index (κ2) is 7.58. The highest BCUT2D eigenvalue weighted by atomic mass is 35.5. The summed E-state index contributed by atoms with van der Waals surface area (Å²) >= 11 is 7.48. The second-order valence-corrected chi connectivity index (χ2v) is 7.75. The first-order chi connectivity index (χ1) is 12.0. The summed E-state index contributed by atoms with van der Waals surface area (Å²) in [6, 6.07) is 9.76. The van der Waals surface area contributed by atoms with Gasteiger partial charge >= 0.3 is 0 Å². The molecule has 0 radical (unpaired) electrons. The summed E-state index contributed by atoms with van der Waals surface area (Å²) in [4.78, 5) is 16.3. The number of carbonyl (C=O) groups excluding carboxylic acids is 1. The summed E-state index contributed by atoms with van der Waals surface area (Å²) in [6.07, 6.45) is 2.11. The number of unbranched alkanes of at least 4 members (excludes halogenated alkanes) is 1. The number of carbonyl (C=O) groups is 1. The summed E-state index contributed by atoms with van der Waals surface area (Å²) < 4.78 is 1.97. The van der Waals surface area contributed by atoms with E-state index in [-0.39, 0.29) is 5.91 Å². The summed E-state index contributed by atoms with van der Waals surface area (Å²) in [7, 11) is 1.87. The van der Waals surface area contributed by atoms with Crippen LogP contribution in [0.2, 0.25) is 5.02 Å². The number of rotatable bonds is 6. The normalized spacial score (nSPS) is 11.2. The van der Waals surface area contributed by atoms with Gasteiger partial charge < -0.3 is 4.90 Å². The molecule has 3 rings (SSSR count). The maximum Gasteiger partial charge on any atom is 0.263 e. The molecule has 0 atom stereocenters. The van der Waals surface area contributed by atoms with Crippen molar-refractivity contribution in [2.45, 2.75) is 33.2 Å². The molecular formula is C19H22ClN3OS. The zero-order chi connectivity index (χ0) is 18.0. The van der Waals surface area contributed by atoms with E-state index in [1.54, 1.807) is 4.90 Å². The SMILES string of the molecule is CCCCN(C)C(=O)c1cc2c(C)nn(Cc3ccc(Cl)cc3)c2s1. The van der Waals surface area contributed by atoms with Gasteiger partial charge in [0.15, 0.2) is 0 Å². The molecule has 0 spiro atoms. The molecule has 3 aromatic rings. The van der Waals surface area contributed by atoms with Crippen molar-refractivity contribution < 1.29 is 4.79 Å². The molecule has 0 saturated heterocycles. The lowest BCUT2D eigenvalue weighted by Crippen LogP contribution is -2.26. The standard InChI is InChI=1S/C19H22ClN3OS/c1-4-5-10-22(3)18(24)17-11-16-13(2)21-23(19(16)25-17)12-14-6-8-15(20)9-7-14/h6-9,11H,4-5,10,12H2,1-3H3. The van der Waals surface area contributed by atoms with Crippen LogP contribution in [-0.2, 0) is 6.54 Å². The zero-order valence-electron chi connectivity index (χ0n) is 14.8. The third-order valence-corrected chi connectivity index (χ3v) is 5.65. The van der Waals surface area contributed by atoms with E-state index in [0.717, 1.165) is 50.8 Å². The number of aromatic nitrogens is 2. The predicted molar refractivity (Wildman–Crippen MR) is 105 cm³/mol. The Balaban J connectivity index is 1.87. The van der Waals surface area contributed by atoms with Gasteiger partial charge in [-0.1, -0.05) is 37.1 Å². The van der Waals surface area contributed by atoms with E-state index in [9.17, 15) is 4.79 Å². The van der Waals surface area contributed by atoms with Crippen molar-refractivity contribution in [1.29, 1.82) is 0 Å². The summed E-state index contributed by atoms with van der Waals surface area (Å²) in [6.45, 7) is 5.58. The quantitative estimate of drug-likeness (QED) is 0.609. The molecule has 2 heterocycles. The van der Waals surface area contributed by atoms with Crippen LogP contribution in [0.4, 0.5) is 0 Å². The third kappa shape index (κ3) is 3.88. The molecule has 2 aromatic heterocycles. The number of thiophene rings is 1. The summed E-state index contributed by atoms with van der Waals surface area (Å²) in [5.74, 6) is 0.0899. The first-order valence-electron chi connectivity index (χ1n) is 8.46. The molecule has 1 amide bonds. The van der Waals surface area contributed by atoms with Crippen LogP contribution in [-0.4, -0.2) is 34.2 Å². The topological polar surface area (TPSA) is 38.1 Å². The van der Waals surface area contributed by atoms with Gasteiger partial charge in [-0.3, -0.25) is 9.48 Å². The molecule has 132 valence electrons. The largest absolute Gasteiger partial charge is 0.341 e. The van der Waals surface area contributed by atoms with Gasteiger partial charge in [0, 0.05) is 24.0 Å². The van der Waals surface area contributed by atoms with Crippen molar-refractivity contribution in [1.82, 2.24) is 14.7 Å². The number of aryl methyl sites for hydroxylation is 1. The Kier molecular flexibility index (Phi) is 5.45. The van der Waals surface area contributed by atoms with Crippen LogP contribution in [0.5, 0.6) is 0 Å².